The summed E-state index contributed by atoms with van der Waals surface area (Å²) in [4.78, 5) is 10.1. The molecular weight excluding hydrogens is 170 g/mol. The van der Waals surface area contributed by atoms with Crippen LogP contribution < -0.4 is 5.32 Å². The van der Waals surface area contributed by atoms with Crippen LogP contribution in [0.4, 0.5) is 0 Å². The summed E-state index contributed by atoms with van der Waals surface area (Å²) in [5.74, 6) is -0.720. The van der Waals surface area contributed by atoms with Crippen molar-refractivity contribution in [2.45, 2.75) is 32.7 Å². The first-order valence-electron chi connectivity index (χ1n) is 4.76. The van der Waals surface area contributed by atoms with Crippen LogP contribution in [0.3, 0.4) is 0 Å². The molecule has 1 atom stereocenters. The molecule has 1 saturated heterocycles. The molecule has 0 bridgehead atoms. The monoisotopic (exact) mass is 189 g/mol. The summed E-state index contributed by atoms with van der Waals surface area (Å²) in [7, 11) is 0. The number of carboxylic acid groups (broad SMARTS) is 1. The molecule has 78 valence electrons. The average molecular weight is 189 g/mol. The molecule has 4 nitrogen and oxygen atoms in total. The third kappa shape index (κ3) is 6.54. The van der Waals surface area contributed by atoms with Crippen molar-refractivity contribution in [1.82, 2.24) is 5.32 Å². The number of carboxylic acids is 1. The van der Waals surface area contributed by atoms with E-state index < -0.39 is 5.97 Å². The minimum atomic E-state index is -0.720. The van der Waals surface area contributed by atoms with Crippen LogP contribution >= 0.6 is 0 Å². The van der Waals surface area contributed by atoms with Crippen LogP contribution in [0.15, 0.2) is 0 Å². The van der Waals surface area contributed by atoms with E-state index in [1.165, 1.54) is 0 Å². The Morgan fingerprint density at radius 1 is 1.54 bits per heavy atom. The minimum Gasteiger partial charge on any atom is -0.480 e. The predicted molar refractivity (Wildman–Crippen MR) is 50.8 cm³/mol. The molecule has 1 aliphatic heterocycles. The summed E-state index contributed by atoms with van der Waals surface area (Å²) < 4.78 is 4.83. The Hall–Kier alpha value is -0.610. The molecule has 0 aromatic heterocycles. The van der Waals surface area contributed by atoms with Crippen molar-refractivity contribution in [3.05, 3.63) is 0 Å². The van der Waals surface area contributed by atoms with Gasteiger partial charge in [0, 0.05) is 13.2 Å². The van der Waals surface area contributed by atoms with Crippen molar-refractivity contribution < 1.29 is 14.6 Å². The van der Waals surface area contributed by atoms with Crippen LogP contribution in [0.5, 0.6) is 0 Å². The first-order valence-corrected chi connectivity index (χ1v) is 4.76. The Labute approximate surface area is 79.3 Å². The molecule has 1 rings (SSSR count). The van der Waals surface area contributed by atoms with Crippen molar-refractivity contribution in [3.8, 4) is 0 Å². The van der Waals surface area contributed by atoms with Crippen LogP contribution in [0.25, 0.3) is 0 Å². The molecule has 0 aromatic rings. The van der Waals surface area contributed by atoms with E-state index in [9.17, 15) is 4.79 Å². The van der Waals surface area contributed by atoms with Crippen LogP contribution in [-0.4, -0.2) is 36.9 Å². The maximum atomic E-state index is 10.1. The van der Waals surface area contributed by atoms with Gasteiger partial charge in [0.15, 0.2) is 0 Å². The van der Waals surface area contributed by atoms with E-state index in [-0.39, 0.29) is 6.04 Å². The van der Waals surface area contributed by atoms with Gasteiger partial charge in [-0.2, -0.15) is 0 Å². The maximum Gasteiger partial charge on any atom is 0.320 e. The Balaban J connectivity index is 0.000000252. The van der Waals surface area contributed by atoms with Gasteiger partial charge in [0.05, 0.1) is 0 Å². The van der Waals surface area contributed by atoms with E-state index >= 15 is 0 Å². The summed E-state index contributed by atoms with van der Waals surface area (Å²) in [6.07, 6.45) is 1.78. The smallest absolute Gasteiger partial charge is 0.320 e. The molecule has 1 unspecified atom stereocenters. The van der Waals surface area contributed by atoms with Crippen LogP contribution in [-0.2, 0) is 9.53 Å². The summed E-state index contributed by atoms with van der Waals surface area (Å²) in [6, 6.07) is -0.269. The van der Waals surface area contributed by atoms with Gasteiger partial charge >= 0.3 is 5.97 Å². The number of carbonyl (C=O) groups is 1. The maximum absolute atomic E-state index is 10.1. The first-order chi connectivity index (χ1) is 6.22. The zero-order chi connectivity index (χ0) is 10.1. The molecule has 2 N–H and O–H groups in total. The third-order valence-electron chi connectivity index (χ3n) is 1.77. The fourth-order valence-electron chi connectivity index (χ4n) is 1.10. The molecule has 0 radical (unpaired) electrons. The highest BCUT2D eigenvalue weighted by molar-refractivity contribution is 5.73. The lowest BCUT2D eigenvalue weighted by Gasteiger charge is -1.99. The lowest BCUT2D eigenvalue weighted by molar-refractivity contribution is -0.139. The molecule has 0 amide bonds. The van der Waals surface area contributed by atoms with Crippen LogP contribution in [0, 0.1) is 0 Å². The van der Waals surface area contributed by atoms with Crippen LogP contribution in [0.1, 0.15) is 26.7 Å². The molecular formula is C9H19NO3. The lowest BCUT2D eigenvalue weighted by Crippen LogP contribution is -2.29. The normalized spacial score (nSPS) is 20.6. The lowest BCUT2D eigenvalue weighted by atomic mass is 10.2. The van der Waals surface area contributed by atoms with Crippen LogP contribution in [0.2, 0.25) is 0 Å². The number of nitrogens with one attached hydrogen (secondary N) is 1. The predicted octanol–water partition coefficient (Wildman–Crippen LogP) is 0.866. The zero-order valence-electron chi connectivity index (χ0n) is 8.38. The quantitative estimate of drug-likeness (QED) is 0.691. The van der Waals surface area contributed by atoms with Gasteiger partial charge in [-0.1, -0.05) is 0 Å². The second-order valence-electron chi connectivity index (χ2n) is 2.77. The highest BCUT2D eigenvalue weighted by Crippen LogP contribution is 2.03. The van der Waals surface area contributed by atoms with Gasteiger partial charge in [-0.05, 0) is 33.2 Å². The number of ether oxygens (including phenoxy) is 1. The van der Waals surface area contributed by atoms with Crippen molar-refractivity contribution in [2.24, 2.45) is 0 Å². The molecule has 1 aliphatic rings. The van der Waals surface area contributed by atoms with Gasteiger partial charge in [-0.3, -0.25) is 4.79 Å². The molecule has 0 aromatic carbocycles. The van der Waals surface area contributed by atoms with Gasteiger partial charge in [0.25, 0.3) is 0 Å². The fourth-order valence-corrected chi connectivity index (χ4v) is 1.10. The fraction of sp³-hybridized carbons (Fsp3) is 0.889. The summed E-state index contributed by atoms with van der Waals surface area (Å²) in [5.41, 5.74) is 0. The molecule has 4 heteroatoms. The highest BCUT2D eigenvalue weighted by atomic mass is 16.5. The Kier molecular flexibility index (Phi) is 7.63. The first kappa shape index (κ1) is 12.4. The number of hydrogen-bond donors (Lipinski definition) is 2. The third-order valence-corrected chi connectivity index (χ3v) is 1.77. The van der Waals surface area contributed by atoms with Crippen molar-refractivity contribution in [3.63, 3.8) is 0 Å². The minimum absolute atomic E-state index is 0.269. The Bertz CT molecular complexity index is 131. The summed E-state index contributed by atoms with van der Waals surface area (Å²) in [5, 5.41) is 11.2. The second-order valence-corrected chi connectivity index (χ2v) is 2.77. The van der Waals surface area contributed by atoms with E-state index in [0.717, 1.165) is 32.6 Å². The van der Waals surface area contributed by atoms with E-state index in [2.05, 4.69) is 5.32 Å². The molecule has 0 spiro atoms. The molecule has 0 aliphatic carbocycles. The van der Waals surface area contributed by atoms with E-state index in [0.29, 0.717) is 0 Å². The number of rotatable bonds is 3. The average Bonchev–Trinajstić information content (AvgIpc) is 2.58. The van der Waals surface area contributed by atoms with E-state index in [4.69, 9.17) is 9.84 Å². The number of aliphatic carboxylic acids is 1. The molecule has 13 heavy (non-hydrogen) atoms. The van der Waals surface area contributed by atoms with Crippen molar-refractivity contribution >= 4 is 5.97 Å². The SMILES string of the molecule is CCOCC.O=C(O)C1CCCN1. The van der Waals surface area contributed by atoms with Gasteiger partial charge in [0.1, 0.15) is 6.04 Å². The molecule has 1 fully saturated rings. The molecule has 1 heterocycles. The van der Waals surface area contributed by atoms with E-state index in [1.807, 2.05) is 13.8 Å². The van der Waals surface area contributed by atoms with E-state index in [1.54, 1.807) is 0 Å². The summed E-state index contributed by atoms with van der Waals surface area (Å²) in [6.45, 7) is 6.52. The molecule has 0 saturated carbocycles. The topological polar surface area (TPSA) is 58.6 Å². The second kappa shape index (κ2) is 8.01. The largest absolute Gasteiger partial charge is 0.480 e. The van der Waals surface area contributed by atoms with Gasteiger partial charge in [-0.25, -0.2) is 0 Å². The standard InChI is InChI=1S/C5H9NO2.C4H10O/c7-5(8)4-2-1-3-6-4;1-3-5-4-2/h4,6H,1-3H2,(H,7,8);3-4H2,1-2H3. The Morgan fingerprint density at radius 3 is 2.31 bits per heavy atom. The van der Waals surface area contributed by atoms with Gasteiger partial charge < -0.3 is 15.2 Å². The summed E-state index contributed by atoms with van der Waals surface area (Å²) >= 11 is 0. The Morgan fingerprint density at radius 2 is 2.15 bits per heavy atom. The zero-order valence-corrected chi connectivity index (χ0v) is 8.38. The van der Waals surface area contributed by atoms with Gasteiger partial charge in [0.2, 0.25) is 0 Å². The van der Waals surface area contributed by atoms with Crippen molar-refractivity contribution in [1.29, 1.82) is 0 Å². The van der Waals surface area contributed by atoms with Gasteiger partial charge in [-0.15, -0.1) is 0 Å². The highest BCUT2D eigenvalue weighted by Gasteiger charge is 2.20. The number of hydrogen-bond acceptors (Lipinski definition) is 3. The van der Waals surface area contributed by atoms with Crippen molar-refractivity contribution in [2.75, 3.05) is 19.8 Å².